The predicted molar refractivity (Wildman–Crippen MR) is 128 cm³/mol. The van der Waals surface area contributed by atoms with Crippen LogP contribution in [0, 0.1) is 0 Å². The van der Waals surface area contributed by atoms with Crippen molar-refractivity contribution in [3.05, 3.63) is 101 Å². The van der Waals surface area contributed by atoms with Crippen LogP contribution in [-0.2, 0) is 13.0 Å². The van der Waals surface area contributed by atoms with Gasteiger partial charge in [-0.25, -0.2) is 0 Å². The average Bonchev–Trinajstić information content (AvgIpc) is 3.24. The zero-order valence-corrected chi connectivity index (χ0v) is 18.8. The molecule has 0 spiro atoms. The molecule has 6 nitrogen and oxygen atoms in total. The first-order chi connectivity index (χ1) is 15.8. The van der Waals surface area contributed by atoms with Gasteiger partial charge in [-0.2, -0.15) is 9.78 Å². The molecule has 0 amide bonds. The fourth-order valence-electron chi connectivity index (χ4n) is 3.23. The van der Waals surface area contributed by atoms with Gasteiger partial charge in [0.1, 0.15) is 6.61 Å². The molecule has 0 atom stereocenters. The van der Waals surface area contributed by atoms with E-state index in [2.05, 4.69) is 22.3 Å². The van der Waals surface area contributed by atoms with E-state index in [4.69, 9.17) is 14.6 Å². The quantitative estimate of drug-likeness (QED) is 0.267. The van der Waals surface area contributed by atoms with Gasteiger partial charge >= 0.3 is 0 Å². The summed E-state index contributed by atoms with van der Waals surface area (Å²) in [7, 11) is 1.63. The van der Waals surface area contributed by atoms with E-state index >= 15 is 0 Å². The smallest absolute Gasteiger partial charge is 0.211 e. The van der Waals surface area contributed by atoms with Gasteiger partial charge in [0.2, 0.25) is 5.16 Å². The molecule has 1 aromatic heterocycles. The van der Waals surface area contributed by atoms with Crippen molar-refractivity contribution in [1.29, 1.82) is 0 Å². The third-order valence-electron chi connectivity index (χ3n) is 4.83. The standard InChI is InChI=1S/C25H24N4O2S/c1-30-22-15-9-14-21(24(22)31-18-20-12-7-4-8-13-20)17-26-29-23(27-28-25(29)32-2)16-19-10-5-3-6-11-19/h3-15,17H,16,18H2,1-2H3/b26-17-. The van der Waals surface area contributed by atoms with Crippen LogP contribution in [0.25, 0.3) is 0 Å². The van der Waals surface area contributed by atoms with Crippen molar-refractivity contribution in [2.45, 2.75) is 18.2 Å². The number of benzene rings is 3. The number of para-hydroxylation sites is 1. The van der Waals surface area contributed by atoms with Crippen LogP contribution in [0.5, 0.6) is 11.5 Å². The van der Waals surface area contributed by atoms with Gasteiger partial charge < -0.3 is 9.47 Å². The van der Waals surface area contributed by atoms with Gasteiger partial charge in [0.25, 0.3) is 0 Å². The SMILES string of the molecule is COc1cccc(/C=N\n2c(Cc3ccccc3)nnc2SC)c1OCc1ccccc1. The molecule has 1 heterocycles. The molecule has 32 heavy (non-hydrogen) atoms. The van der Waals surface area contributed by atoms with Crippen LogP contribution >= 0.6 is 11.8 Å². The highest BCUT2D eigenvalue weighted by Gasteiger charge is 2.13. The Hall–Kier alpha value is -3.58. The second kappa shape index (κ2) is 10.6. The average molecular weight is 445 g/mol. The largest absolute Gasteiger partial charge is 0.493 e. The molecule has 0 fully saturated rings. The zero-order valence-electron chi connectivity index (χ0n) is 18.0. The molecule has 162 valence electrons. The maximum atomic E-state index is 6.14. The van der Waals surface area contributed by atoms with Crippen molar-refractivity contribution in [3.63, 3.8) is 0 Å². The number of aromatic nitrogens is 3. The summed E-state index contributed by atoms with van der Waals surface area (Å²) in [4.78, 5) is 0. The van der Waals surface area contributed by atoms with Crippen molar-refractivity contribution in [2.24, 2.45) is 5.10 Å². The second-order valence-electron chi connectivity index (χ2n) is 6.97. The van der Waals surface area contributed by atoms with E-state index < -0.39 is 0 Å². The van der Waals surface area contributed by atoms with Crippen LogP contribution in [0.4, 0.5) is 0 Å². The third-order valence-corrected chi connectivity index (χ3v) is 5.45. The van der Waals surface area contributed by atoms with Crippen LogP contribution in [0.2, 0.25) is 0 Å². The normalized spacial score (nSPS) is 11.1. The number of hydrogen-bond donors (Lipinski definition) is 0. The number of hydrogen-bond acceptors (Lipinski definition) is 6. The Kier molecular flexibility index (Phi) is 7.19. The number of ether oxygens (including phenoxy) is 2. The van der Waals surface area contributed by atoms with Crippen LogP contribution in [0.15, 0.2) is 89.1 Å². The summed E-state index contributed by atoms with van der Waals surface area (Å²) in [6.45, 7) is 0.435. The van der Waals surface area contributed by atoms with Gasteiger partial charge in [-0.05, 0) is 29.5 Å². The first-order valence-corrected chi connectivity index (χ1v) is 11.4. The van der Waals surface area contributed by atoms with E-state index in [1.54, 1.807) is 18.0 Å². The van der Waals surface area contributed by atoms with Gasteiger partial charge in [0.05, 0.1) is 13.3 Å². The number of nitrogens with zero attached hydrogens (tertiary/aromatic N) is 4. The fourth-order valence-corrected chi connectivity index (χ4v) is 3.67. The minimum Gasteiger partial charge on any atom is -0.493 e. The molecule has 0 aliphatic carbocycles. The van der Waals surface area contributed by atoms with E-state index in [9.17, 15) is 0 Å². The van der Waals surface area contributed by atoms with Gasteiger partial charge in [-0.1, -0.05) is 78.5 Å². The zero-order chi connectivity index (χ0) is 22.2. The van der Waals surface area contributed by atoms with Gasteiger partial charge in [-0.3, -0.25) is 0 Å². The fraction of sp³-hybridized carbons (Fsp3) is 0.160. The Labute approximate surface area is 191 Å². The Bertz CT molecular complexity index is 1180. The first kappa shape index (κ1) is 21.6. The summed E-state index contributed by atoms with van der Waals surface area (Å²) in [6, 6.07) is 25.9. The molecule has 0 saturated heterocycles. The lowest BCUT2D eigenvalue weighted by Crippen LogP contribution is -2.03. The molecule has 0 aliphatic rings. The molecule has 0 aliphatic heterocycles. The summed E-state index contributed by atoms with van der Waals surface area (Å²) >= 11 is 1.50. The summed E-state index contributed by atoms with van der Waals surface area (Å²) < 4.78 is 13.4. The molecule has 0 unspecified atom stereocenters. The Morgan fingerprint density at radius 2 is 1.62 bits per heavy atom. The summed E-state index contributed by atoms with van der Waals surface area (Å²) in [5.74, 6) is 2.07. The summed E-state index contributed by atoms with van der Waals surface area (Å²) in [6.07, 6.45) is 4.36. The second-order valence-corrected chi connectivity index (χ2v) is 7.75. The van der Waals surface area contributed by atoms with Crippen LogP contribution in [0.1, 0.15) is 22.5 Å². The Morgan fingerprint density at radius 3 is 2.31 bits per heavy atom. The van der Waals surface area contributed by atoms with Crippen molar-refractivity contribution < 1.29 is 9.47 Å². The van der Waals surface area contributed by atoms with E-state index in [1.165, 1.54) is 11.8 Å². The minimum atomic E-state index is 0.435. The lowest BCUT2D eigenvalue weighted by molar-refractivity contribution is 0.284. The molecule has 0 bridgehead atoms. The molecular weight excluding hydrogens is 420 g/mol. The molecule has 0 radical (unpaired) electrons. The third kappa shape index (κ3) is 5.18. The summed E-state index contributed by atoms with van der Waals surface area (Å²) in [5.41, 5.74) is 3.04. The van der Waals surface area contributed by atoms with Crippen molar-refractivity contribution in [2.75, 3.05) is 13.4 Å². The molecule has 0 saturated carbocycles. The van der Waals surface area contributed by atoms with Gasteiger partial charge in [-0.15, -0.1) is 10.2 Å². The molecule has 4 rings (SSSR count). The monoisotopic (exact) mass is 444 g/mol. The van der Waals surface area contributed by atoms with Crippen molar-refractivity contribution >= 4 is 18.0 Å². The maximum Gasteiger partial charge on any atom is 0.211 e. The lowest BCUT2D eigenvalue weighted by Gasteiger charge is -2.13. The maximum absolute atomic E-state index is 6.14. The van der Waals surface area contributed by atoms with Crippen LogP contribution in [0.3, 0.4) is 0 Å². The van der Waals surface area contributed by atoms with Crippen LogP contribution < -0.4 is 9.47 Å². The molecule has 4 aromatic rings. The highest BCUT2D eigenvalue weighted by molar-refractivity contribution is 7.98. The van der Waals surface area contributed by atoms with Gasteiger partial charge in [0, 0.05) is 12.0 Å². The van der Waals surface area contributed by atoms with Crippen LogP contribution in [-0.4, -0.2) is 34.5 Å². The van der Waals surface area contributed by atoms with Crippen molar-refractivity contribution in [1.82, 2.24) is 14.9 Å². The van der Waals surface area contributed by atoms with E-state index in [0.717, 1.165) is 27.7 Å². The lowest BCUT2D eigenvalue weighted by atomic mass is 10.1. The van der Waals surface area contributed by atoms with Gasteiger partial charge in [0.15, 0.2) is 17.3 Å². The highest BCUT2D eigenvalue weighted by atomic mass is 32.2. The topological polar surface area (TPSA) is 61.5 Å². The molecule has 7 heteroatoms. The molecule has 3 aromatic carbocycles. The van der Waals surface area contributed by atoms with E-state index in [-0.39, 0.29) is 0 Å². The predicted octanol–water partition coefficient (Wildman–Crippen LogP) is 5.06. The Morgan fingerprint density at radius 1 is 0.906 bits per heavy atom. The number of methoxy groups -OCH3 is 1. The van der Waals surface area contributed by atoms with Crippen molar-refractivity contribution in [3.8, 4) is 11.5 Å². The van der Waals surface area contributed by atoms with E-state index in [1.807, 2.05) is 73.0 Å². The minimum absolute atomic E-state index is 0.435. The summed E-state index contributed by atoms with van der Waals surface area (Å²) in [5, 5.41) is 14.1. The van der Waals surface area contributed by atoms with E-state index in [0.29, 0.717) is 24.5 Å². The highest BCUT2D eigenvalue weighted by Crippen LogP contribution is 2.31. The molecule has 0 N–H and O–H groups in total. The number of thioether (sulfide) groups is 1. The first-order valence-electron chi connectivity index (χ1n) is 10.2. The Balaban J connectivity index is 1.62. The number of rotatable bonds is 9. The molecular formula is C25H24N4O2S.